The maximum Gasteiger partial charge on any atom is 0.251 e. The van der Waals surface area contributed by atoms with Crippen molar-refractivity contribution in [2.75, 3.05) is 5.73 Å². The van der Waals surface area contributed by atoms with E-state index < -0.39 is 0 Å². The lowest BCUT2D eigenvalue weighted by molar-refractivity contribution is 0.0940. The fourth-order valence-corrected chi connectivity index (χ4v) is 1.79. The van der Waals surface area contributed by atoms with Gasteiger partial charge in [-0.05, 0) is 48.9 Å². The zero-order chi connectivity index (χ0) is 13.8. The van der Waals surface area contributed by atoms with Gasteiger partial charge in [-0.3, -0.25) is 4.79 Å². The molecule has 0 aromatic heterocycles. The number of amides is 1. The van der Waals surface area contributed by atoms with Crippen LogP contribution in [0.4, 0.5) is 5.69 Å². The predicted octanol–water partition coefficient (Wildman–Crippen LogP) is 2.47. The molecule has 4 N–H and O–H groups in total. The molecule has 0 saturated carbocycles. The van der Waals surface area contributed by atoms with Crippen molar-refractivity contribution < 1.29 is 9.90 Å². The lowest BCUT2D eigenvalue weighted by Gasteiger charge is -2.14. The topological polar surface area (TPSA) is 75.4 Å². The summed E-state index contributed by atoms with van der Waals surface area (Å²) in [6, 6.07) is 13.4. The number of nitrogen functional groups attached to an aromatic ring is 1. The average molecular weight is 256 g/mol. The van der Waals surface area contributed by atoms with Crippen LogP contribution in [-0.2, 0) is 0 Å². The largest absolute Gasteiger partial charge is 0.508 e. The summed E-state index contributed by atoms with van der Waals surface area (Å²) in [7, 11) is 0. The van der Waals surface area contributed by atoms with E-state index in [0.717, 1.165) is 5.56 Å². The zero-order valence-corrected chi connectivity index (χ0v) is 10.6. The molecular formula is C15H16N2O2. The molecule has 0 aliphatic heterocycles. The molecule has 2 aromatic rings. The van der Waals surface area contributed by atoms with E-state index in [-0.39, 0.29) is 17.7 Å². The van der Waals surface area contributed by atoms with Gasteiger partial charge in [-0.15, -0.1) is 0 Å². The van der Waals surface area contributed by atoms with Crippen LogP contribution in [0, 0.1) is 0 Å². The second kappa shape index (κ2) is 5.44. The number of aromatic hydroxyl groups is 1. The van der Waals surface area contributed by atoms with Gasteiger partial charge in [-0.2, -0.15) is 0 Å². The summed E-state index contributed by atoms with van der Waals surface area (Å²) in [5, 5.41) is 12.3. The smallest absolute Gasteiger partial charge is 0.251 e. The number of benzene rings is 2. The Morgan fingerprint density at radius 3 is 2.53 bits per heavy atom. The van der Waals surface area contributed by atoms with Gasteiger partial charge in [0, 0.05) is 11.3 Å². The summed E-state index contributed by atoms with van der Waals surface area (Å²) in [6.45, 7) is 1.87. The standard InChI is InChI=1S/C15H16N2O2/c1-10(12-3-2-4-14(18)9-12)17-15(19)11-5-7-13(16)8-6-11/h2-10,18H,16H2,1H3,(H,17,19). The fraction of sp³-hybridized carbons (Fsp3) is 0.133. The first-order chi connectivity index (χ1) is 9.06. The van der Waals surface area contributed by atoms with Crippen molar-refractivity contribution in [3.63, 3.8) is 0 Å². The number of rotatable bonds is 3. The molecule has 98 valence electrons. The molecule has 4 nitrogen and oxygen atoms in total. The van der Waals surface area contributed by atoms with Crippen molar-refractivity contribution in [3.05, 3.63) is 59.7 Å². The minimum atomic E-state index is -0.183. The Hall–Kier alpha value is -2.49. The number of hydrogen-bond donors (Lipinski definition) is 3. The van der Waals surface area contributed by atoms with E-state index in [1.54, 1.807) is 42.5 Å². The summed E-state index contributed by atoms with van der Waals surface area (Å²) >= 11 is 0. The molecule has 0 saturated heterocycles. The van der Waals surface area contributed by atoms with Gasteiger partial charge in [0.15, 0.2) is 0 Å². The van der Waals surface area contributed by atoms with E-state index in [1.807, 2.05) is 13.0 Å². The minimum Gasteiger partial charge on any atom is -0.508 e. The number of carbonyl (C=O) groups is 1. The molecule has 0 aliphatic carbocycles. The molecule has 0 aliphatic rings. The molecule has 0 radical (unpaired) electrons. The second-order valence-corrected chi connectivity index (χ2v) is 4.41. The summed E-state index contributed by atoms with van der Waals surface area (Å²) in [4.78, 5) is 12.0. The Balaban J connectivity index is 2.08. The lowest BCUT2D eigenvalue weighted by Crippen LogP contribution is -2.26. The number of nitrogens with two attached hydrogens (primary N) is 1. The Morgan fingerprint density at radius 2 is 1.89 bits per heavy atom. The van der Waals surface area contributed by atoms with Crippen LogP contribution in [-0.4, -0.2) is 11.0 Å². The third-order valence-electron chi connectivity index (χ3n) is 2.89. The molecule has 2 aromatic carbocycles. The van der Waals surface area contributed by atoms with Gasteiger partial charge in [0.2, 0.25) is 0 Å². The molecular weight excluding hydrogens is 240 g/mol. The number of anilines is 1. The molecule has 2 rings (SSSR count). The van der Waals surface area contributed by atoms with Crippen molar-refractivity contribution in [2.45, 2.75) is 13.0 Å². The fourth-order valence-electron chi connectivity index (χ4n) is 1.79. The Bertz CT molecular complexity index is 579. The minimum absolute atomic E-state index is 0.171. The van der Waals surface area contributed by atoms with Crippen molar-refractivity contribution in [1.82, 2.24) is 5.32 Å². The molecule has 0 heterocycles. The third-order valence-corrected chi connectivity index (χ3v) is 2.89. The molecule has 1 amide bonds. The van der Waals surface area contributed by atoms with Gasteiger partial charge >= 0.3 is 0 Å². The van der Waals surface area contributed by atoms with E-state index in [2.05, 4.69) is 5.32 Å². The number of phenols is 1. The SMILES string of the molecule is CC(NC(=O)c1ccc(N)cc1)c1cccc(O)c1. The first-order valence-corrected chi connectivity index (χ1v) is 6.01. The number of carbonyl (C=O) groups excluding carboxylic acids is 1. The monoisotopic (exact) mass is 256 g/mol. The van der Waals surface area contributed by atoms with Gasteiger partial charge in [-0.25, -0.2) is 0 Å². The first-order valence-electron chi connectivity index (χ1n) is 6.01. The first kappa shape index (κ1) is 13.0. The van der Waals surface area contributed by atoms with Crippen molar-refractivity contribution in [2.24, 2.45) is 0 Å². The van der Waals surface area contributed by atoms with Gasteiger partial charge < -0.3 is 16.2 Å². The van der Waals surface area contributed by atoms with Crippen molar-refractivity contribution in [3.8, 4) is 5.75 Å². The van der Waals surface area contributed by atoms with Crippen LogP contribution in [0.5, 0.6) is 5.75 Å². The predicted molar refractivity (Wildman–Crippen MR) is 74.8 cm³/mol. The normalized spacial score (nSPS) is 11.8. The molecule has 1 atom stereocenters. The van der Waals surface area contributed by atoms with E-state index in [0.29, 0.717) is 11.3 Å². The summed E-state index contributed by atoms with van der Waals surface area (Å²) in [5.74, 6) is 0.0157. The van der Waals surface area contributed by atoms with Crippen LogP contribution >= 0.6 is 0 Å². The van der Waals surface area contributed by atoms with Crippen LogP contribution in [0.15, 0.2) is 48.5 Å². The summed E-state index contributed by atoms with van der Waals surface area (Å²) in [6.07, 6.45) is 0. The van der Waals surface area contributed by atoms with Gasteiger partial charge in [0.1, 0.15) is 5.75 Å². The third kappa shape index (κ3) is 3.25. The van der Waals surface area contributed by atoms with E-state index >= 15 is 0 Å². The van der Waals surface area contributed by atoms with Crippen LogP contribution in [0.2, 0.25) is 0 Å². The highest BCUT2D eigenvalue weighted by Gasteiger charge is 2.11. The Morgan fingerprint density at radius 1 is 1.21 bits per heavy atom. The molecule has 0 bridgehead atoms. The molecule has 4 heteroatoms. The average Bonchev–Trinajstić information content (AvgIpc) is 2.39. The van der Waals surface area contributed by atoms with E-state index in [9.17, 15) is 9.90 Å². The van der Waals surface area contributed by atoms with Gasteiger partial charge in [0.25, 0.3) is 5.91 Å². The lowest BCUT2D eigenvalue weighted by atomic mass is 10.1. The second-order valence-electron chi connectivity index (χ2n) is 4.41. The van der Waals surface area contributed by atoms with Crippen LogP contribution in [0.3, 0.4) is 0 Å². The Labute approximate surface area is 111 Å². The van der Waals surface area contributed by atoms with Crippen LogP contribution < -0.4 is 11.1 Å². The van der Waals surface area contributed by atoms with Crippen molar-refractivity contribution >= 4 is 11.6 Å². The number of nitrogens with one attached hydrogen (secondary N) is 1. The van der Waals surface area contributed by atoms with E-state index in [4.69, 9.17) is 5.73 Å². The van der Waals surface area contributed by atoms with Crippen LogP contribution in [0.1, 0.15) is 28.9 Å². The van der Waals surface area contributed by atoms with Crippen molar-refractivity contribution in [1.29, 1.82) is 0 Å². The highest BCUT2D eigenvalue weighted by molar-refractivity contribution is 5.94. The number of hydrogen-bond acceptors (Lipinski definition) is 3. The zero-order valence-electron chi connectivity index (χ0n) is 10.6. The molecule has 0 fully saturated rings. The van der Waals surface area contributed by atoms with E-state index in [1.165, 1.54) is 0 Å². The molecule has 0 spiro atoms. The number of phenolic OH excluding ortho intramolecular Hbond substituents is 1. The highest BCUT2D eigenvalue weighted by atomic mass is 16.3. The highest BCUT2D eigenvalue weighted by Crippen LogP contribution is 2.18. The maximum absolute atomic E-state index is 12.0. The maximum atomic E-state index is 12.0. The Kier molecular flexibility index (Phi) is 3.71. The van der Waals surface area contributed by atoms with Gasteiger partial charge in [-0.1, -0.05) is 12.1 Å². The molecule has 1 unspecified atom stereocenters. The molecule has 19 heavy (non-hydrogen) atoms. The van der Waals surface area contributed by atoms with Crippen LogP contribution in [0.25, 0.3) is 0 Å². The van der Waals surface area contributed by atoms with Gasteiger partial charge in [0.05, 0.1) is 6.04 Å². The quantitative estimate of drug-likeness (QED) is 0.738. The summed E-state index contributed by atoms with van der Waals surface area (Å²) < 4.78 is 0. The summed E-state index contributed by atoms with van der Waals surface area (Å²) in [5.41, 5.74) is 7.61.